The van der Waals surface area contributed by atoms with Crippen molar-refractivity contribution in [2.75, 3.05) is 21.1 Å². The third kappa shape index (κ3) is 5.84. The van der Waals surface area contributed by atoms with Crippen molar-refractivity contribution in [1.82, 2.24) is 15.1 Å². The summed E-state index contributed by atoms with van der Waals surface area (Å²) in [5.74, 6) is -1.30. The summed E-state index contributed by atoms with van der Waals surface area (Å²) in [5.41, 5.74) is -0.887. The van der Waals surface area contributed by atoms with Gasteiger partial charge < -0.3 is 15.3 Å². The van der Waals surface area contributed by atoms with Gasteiger partial charge in [0.05, 0.1) is 11.6 Å². The molecule has 2 N–H and O–H groups in total. The highest BCUT2D eigenvalue weighted by Gasteiger charge is 2.46. The van der Waals surface area contributed by atoms with Crippen molar-refractivity contribution < 1.29 is 19.5 Å². The van der Waals surface area contributed by atoms with E-state index in [0.717, 1.165) is 25.7 Å². The molecule has 0 spiro atoms. The Bertz CT molecular complexity index is 670. The maximum Gasteiger partial charge on any atom is 0.331 e. The minimum absolute atomic E-state index is 0.0209. The van der Waals surface area contributed by atoms with E-state index in [0.29, 0.717) is 0 Å². The molecule has 0 radical (unpaired) electrons. The highest BCUT2D eigenvalue weighted by molar-refractivity contribution is 5.93. The van der Waals surface area contributed by atoms with E-state index in [9.17, 15) is 19.5 Å². The molecule has 0 aromatic rings. The van der Waals surface area contributed by atoms with Gasteiger partial charge in [-0.05, 0) is 45.2 Å². The lowest BCUT2D eigenvalue weighted by atomic mass is 9.84. The summed E-state index contributed by atoms with van der Waals surface area (Å²) >= 11 is 0. The molecular formula is C23H41N3O4. The van der Waals surface area contributed by atoms with E-state index in [-0.39, 0.29) is 29.3 Å². The highest BCUT2D eigenvalue weighted by Crippen LogP contribution is 2.35. The average molecular weight is 424 g/mol. The van der Waals surface area contributed by atoms with Gasteiger partial charge in [0.25, 0.3) is 0 Å². The molecule has 30 heavy (non-hydrogen) atoms. The molecule has 2 amide bonds. The van der Waals surface area contributed by atoms with E-state index in [1.54, 1.807) is 18.0 Å². The standard InChI is InChI=1S/C23H41N3O4/c1-15(2)17(14-16(3)20(28)29)26(9)19(27)18(22(4,5)6)24-21(30)23(25(7)8)12-10-11-13-23/h14-15,17-18H,10-13H2,1-9H3,(H,24,30)(H,28,29)/b16-14+. The molecular weight excluding hydrogens is 382 g/mol. The summed E-state index contributed by atoms with van der Waals surface area (Å²) in [5, 5.41) is 12.3. The lowest BCUT2D eigenvalue weighted by Crippen LogP contribution is -2.62. The first-order chi connectivity index (χ1) is 13.6. The SMILES string of the molecule is C/C(=C\C(C(C)C)N(C)C(=O)C(NC(=O)C1(N(C)C)CCCC1)C(C)(C)C)C(=O)O. The number of amides is 2. The number of nitrogens with zero attached hydrogens (tertiary/aromatic N) is 2. The van der Waals surface area contributed by atoms with Crippen LogP contribution in [-0.4, -0.2) is 71.5 Å². The largest absolute Gasteiger partial charge is 0.478 e. The van der Waals surface area contributed by atoms with E-state index in [2.05, 4.69) is 5.32 Å². The second kappa shape index (κ2) is 9.94. The van der Waals surface area contributed by atoms with E-state index in [4.69, 9.17) is 0 Å². The smallest absolute Gasteiger partial charge is 0.331 e. The molecule has 0 aromatic carbocycles. The molecule has 2 atom stereocenters. The quantitative estimate of drug-likeness (QED) is 0.586. The van der Waals surface area contributed by atoms with Gasteiger partial charge in [0.2, 0.25) is 11.8 Å². The zero-order valence-electron chi connectivity index (χ0n) is 20.2. The molecule has 1 aliphatic rings. The normalized spacial score (nSPS) is 19.0. The topological polar surface area (TPSA) is 90.0 Å². The number of carbonyl (C=O) groups excluding carboxylic acids is 2. The Kier molecular flexibility index (Phi) is 8.67. The van der Waals surface area contributed by atoms with Crippen molar-refractivity contribution >= 4 is 17.8 Å². The summed E-state index contributed by atoms with van der Waals surface area (Å²) in [4.78, 5) is 41.7. The molecule has 0 saturated heterocycles. The predicted molar refractivity (Wildman–Crippen MR) is 119 cm³/mol. The molecule has 1 saturated carbocycles. The first kappa shape index (κ1) is 26.1. The lowest BCUT2D eigenvalue weighted by molar-refractivity contribution is -0.143. The number of hydrogen-bond donors (Lipinski definition) is 2. The second-order valence-electron chi connectivity index (χ2n) is 10.2. The predicted octanol–water partition coefficient (Wildman–Crippen LogP) is 2.91. The van der Waals surface area contributed by atoms with Gasteiger partial charge in [-0.1, -0.05) is 53.5 Å². The molecule has 2 unspecified atom stereocenters. The maximum absolute atomic E-state index is 13.5. The Balaban J connectivity index is 3.21. The third-order valence-corrected chi connectivity index (χ3v) is 6.33. The first-order valence-electron chi connectivity index (χ1n) is 10.8. The number of likely N-dealkylation sites (N-methyl/N-ethyl adjacent to an activating group) is 2. The Labute approximate surface area is 181 Å². The Hall–Kier alpha value is -1.89. The Morgan fingerprint density at radius 1 is 1.07 bits per heavy atom. The molecule has 0 aromatic heterocycles. The second-order valence-corrected chi connectivity index (χ2v) is 10.2. The maximum atomic E-state index is 13.5. The van der Waals surface area contributed by atoms with Crippen molar-refractivity contribution in [3.63, 3.8) is 0 Å². The summed E-state index contributed by atoms with van der Waals surface area (Å²) in [7, 11) is 5.51. The monoisotopic (exact) mass is 423 g/mol. The minimum atomic E-state index is -1.00. The zero-order valence-corrected chi connectivity index (χ0v) is 20.2. The Morgan fingerprint density at radius 2 is 1.57 bits per heavy atom. The van der Waals surface area contributed by atoms with Gasteiger partial charge in [-0.3, -0.25) is 14.5 Å². The summed E-state index contributed by atoms with van der Waals surface area (Å²) in [6.45, 7) is 11.2. The first-order valence-corrected chi connectivity index (χ1v) is 10.8. The number of rotatable bonds is 8. The average Bonchev–Trinajstić information content (AvgIpc) is 3.12. The minimum Gasteiger partial charge on any atom is -0.478 e. The molecule has 1 rings (SSSR count). The van der Waals surface area contributed by atoms with E-state index < -0.39 is 23.0 Å². The van der Waals surface area contributed by atoms with Crippen LogP contribution >= 0.6 is 0 Å². The van der Waals surface area contributed by atoms with Crippen molar-refractivity contribution in [2.45, 2.75) is 84.8 Å². The molecule has 0 heterocycles. The van der Waals surface area contributed by atoms with Gasteiger partial charge in [-0.25, -0.2) is 4.79 Å². The number of carbonyl (C=O) groups is 3. The van der Waals surface area contributed by atoms with Crippen LogP contribution in [0.15, 0.2) is 11.6 Å². The van der Waals surface area contributed by atoms with Crippen LogP contribution < -0.4 is 5.32 Å². The third-order valence-electron chi connectivity index (χ3n) is 6.33. The molecule has 0 bridgehead atoms. The van der Waals surface area contributed by atoms with Gasteiger partial charge in [-0.2, -0.15) is 0 Å². The molecule has 1 fully saturated rings. The van der Waals surface area contributed by atoms with Crippen LogP contribution in [0.3, 0.4) is 0 Å². The van der Waals surface area contributed by atoms with Crippen LogP contribution in [0.4, 0.5) is 0 Å². The molecule has 1 aliphatic carbocycles. The van der Waals surface area contributed by atoms with E-state index in [1.807, 2.05) is 53.6 Å². The van der Waals surface area contributed by atoms with Crippen molar-refractivity contribution in [2.24, 2.45) is 11.3 Å². The number of aliphatic carboxylic acids is 1. The lowest BCUT2D eigenvalue weighted by Gasteiger charge is -2.41. The van der Waals surface area contributed by atoms with Crippen LogP contribution in [0.5, 0.6) is 0 Å². The van der Waals surface area contributed by atoms with Crippen LogP contribution in [0, 0.1) is 11.3 Å². The molecule has 7 heteroatoms. The van der Waals surface area contributed by atoms with Gasteiger partial charge >= 0.3 is 5.97 Å². The van der Waals surface area contributed by atoms with Crippen molar-refractivity contribution in [3.8, 4) is 0 Å². The van der Waals surface area contributed by atoms with Crippen LogP contribution in [0.25, 0.3) is 0 Å². The number of hydrogen-bond acceptors (Lipinski definition) is 4. The van der Waals surface area contributed by atoms with Crippen molar-refractivity contribution in [3.05, 3.63) is 11.6 Å². The molecule has 0 aliphatic heterocycles. The van der Waals surface area contributed by atoms with E-state index >= 15 is 0 Å². The van der Waals surface area contributed by atoms with Crippen molar-refractivity contribution in [1.29, 1.82) is 0 Å². The number of carboxylic acids is 1. The summed E-state index contributed by atoms with van der Waals surface area (Å²) in [6, 6.07) is -1.10. The molecule has 7 nitrogen and oxygen atoms in total. The number of carboxylic acid groups (broad SMARTS) is 1. The zero-order chi connectivity index (χ0) is 23.4. The van der Waals surface area contributed by atoms with Gasteiger partial charge in [0.15, 0.2) is 0 Å². The van der Waals surface area contributed by atoms with E-state index in [1.165, 1.54) is 6.92 Å². The van der Waals surface area contributed by atoms with Gasteiger partial charge in [0, 0.05) is 12.6 Å². The fourth-order valence-electron chi connectivity index (χ4n) is 4.18. The highest BCUT2D eigenvalue weighted by atomic mass is 16.4. The summed E-state index contributed by atoms with van der Waals surface area (Å²) in [6.07, 6.45) is 5.16. The number of nitrogens with one attached hydrogen (secondary N) is 1. The molecule has 172 valence electrons. The van der Waals surface area contributed by atoms with Crippen LogP contribution in [-0.2, 0) is 14.4 Å². The summed E-state index contributed by atoms with van der Waals surface area (Å²) < 4.78 is 0. The van der Waals surface area contributed by atoms with Gasteiger partial charge in [0.1, 0.15) is 6.04 Å². The van der Waals surface area contributed by atoms with Gasteiger partial charge in [-0.15, -0.1) is 0 Å². The Morgan fingerprint density at radius 3 is 1.93 bits per heavy atom. The fourth-order valence-corrected chi connectivity index (χ4v) is 4.18. The van der Waals surface area contributed by atoms with Crippen LogP contribution in [0.2, 0.25) is 0 Å². The fraction of sp³-hybridized carbons (Fsp3) is 0.783. The van der Waals surface area contributed by atoms with Crippen LogP contribution in [0.1, 0.15) is 67.2 Å².